The van der Waals surface area contributed by atoms with Gasteiger partial charge in [-0.2, -0.15) is 18.3 Å². The Morgan fingerprint density at radius 2 is 1.79 bits per heavy atom. The highest BCUT2D eigenvalue weighted by Gasteiger charge is 2.34. The molecule has 5 rings (SSSR count). The van der Waals surface area contributed by atoms with Crippen molar-refractivity contribution in [2.24, 2.45) is 0 Å². The van der Waals surface area contributed by atoms with Gasteiger partial charge < -0.3 is 10.2 Å². The number of hydrogen-bond acceptors (Lipinski definition) is 6. The van der Waals surface area contributed by atoms with E-state index in [1.807, 2.05) is 18.0 Å². The Balaban J connectivity index is 1.31. The lowest BCUT2D eigenvalue weighted by Crippen LogP contribution is -2.44. The van der Waals surface area contributed by atoms with Crippen LogP contribution in [0.15, 0.2) is 55.1 Å². The predicted octanol–water partition coefficient (Wildman–Crippen LogP) is 3.77. The Labute approximate surface area is 216 Å². The molecule has 2 N–H and O–H groups in total. The number of nitrogens with zero attached hydrogens (tertiary/aromatic N) is 5. The lowest BCUT2D eigenvalue weighted by atomic mass is 10.0. The third-order valence-corrected chi connectivity index (χ3v) is 6.31. The number of H-pyrrole nitrogens is 1. The van der Waals surface area contributed by atoms with Crippen LogP contribution in [0.2, 0.25) is 0 Å². The number of anilines is 1. The predicted molar refractivity (Wildman–Crippen MR) is 136 cm³/mol. The third-order valence-electron chi connectivity index (χ3n) is 6.31. The van der Waals surface area contributed by atoms with E-state index in [0.717, 1.165) is 24.5 Å². The average molecular weight is 520 g/mol. The number of carbonyl (C=O) groups excluding carboxylic acids is 1. The Morgan fingerprint density at radius 1 is 1.03 bits per heavy atom. The number of benzene rings is 1. The molecule has 0 spiro atoms. The number of rotatable bonds is 4. The van der Waals surface area contributed by atoms with E-state index < -0.39 is 17.6 Å². The average Bonchev–Trinajstić information content (AvgIpc) is 3.37. The fraction of sp³-hybridized carbons (Fsp3) is 0.259. The van der Waals surface area contributed by atoms with E-state index >= 15 is 0 Å². The Kier molecular flexibility index (Phi) is 7.09. The standard InChI is InChI=1S/C27H24F3N7O/c1-36-6-8-37(9-7-36)17-20-4-5-23(12-24(20)27(28,29)30)34-26(38)22-11-18(13-31-15-22)2-3-19-10-21-16-33-35-25(21)32-14-19/h4-5,10-16H,6-9,17H2,1H3,(H,34,38)(H,32,33,35). The molecule has 1 aliphatic heterocycles. The first-order valence-corrected chi connectivity index (χ1v) is 11.9. The van der Waals surface area contributed by atoms with Gasteiger partial charge in [0.05, 0.1) is 17.3 Å². The normalized spacial score (nSPS) is 14.7. The molecule has 1 aliphatic rings. The van der Waals surface area contributed by atoms with E-state index in [9.17, 15) is 18.0 Å². The van der Waals surface area contributed by atoms with Crippen LogP contribution in [0.5, 0.6) is 0 Å². The second-order valence-electron chi connectivity index (χ2n) is 9.15. The molecule has 4 aromatic rings. The van der Waals surface area contributed by atoms with Crippen molar-refractivity contribution in [3.8, 4) is 11.8 Å². The maximum absolute atomic E-state index is 13.9. The minimum Gasteiger partial charge on any atom is -0.322 e. The number of amides is 1. The highest BCUT2D eigenvalue weighted by atomic mass is 19.4. The number of pyridine rings is 2. The Hall–Kier alpha value is -4.27. The van der Waals surface area contributed by atoms with Gasteiger partial charge in [-0.15, -0.1) is 0 Å². The summed E-state index contributed by atoms with van der Waals surface area (Å²) in [5.41, 5.74) is 1.44. The molecule has 1 saturated heterocycles. The first-order chi connectivity index (χ1) is 18.2. The molecule has 4 heterocycles. The summed E-state index contributed by atoms with van der Waals surface area (Å²) in [4.78, 5) is 25.3. The van der Waals surface area contributed by atoms with E-state index in [-0.39, 0.29) is 23.4 Å². The maximum atomic E-state index is 13.9. The minimum atomic E-state index is -4.55. The quantitative estimate of drug-likeness (QED) is 0.399. The largest absolute Gasteiger partial charge is 0.416 e. The van der Waals surface area contributed by atoms with Crippen molar-refractivity contribution >= 4 is 22.6 Å². The van der Waals surface area contributed by atoms with Crippen LogP contribution in [0.4, 0.5) is 18.9 Å². The van der Waals surface area contributed by atoms with Crippen LogP contribution in [0, 0.1) is 11.8 Å². The molecule has 0 radical (unpaired) electrons. The van der Waals surface area contributed by atoms with Crippen LogP contribution in [0.3, 0.4) is 0 Å². The van der Waals surface area contributed by atoms with Crippen molar-refractivity contribution in [3.05, 3.63) is 82.9 Å². The van der Waals surface area contributed by atoms with Gasteiger partial charge >= 0.3 is 6.18 Å². The van der Waals surface area contributed by atoms with E-state index in [0.29, 0.717) is 29.9 Å². The Morgan fingerprint density at radius 3 is 2.55 bits per heavy atom. The minimum absolute atomic E-state index is 0.0560. The van der Waals surface area contributed by atoms with E-state index in [1.165, 1.54) is 30.6 Å². The number of alkyl halides is 3. The molecule has 8 nitrogen and oxygen atoms in total. The van der Waals surface area contributed by atoms with Crippen LogP contribution < -0.4 is 5.32 Å². The van der Waals surface area contributed by atoms with Crippen molar-refractivity contribution in [2.75, 3.05) is 38.5 Å². The number of likely N-dealkylation sites (N-methyl/N-ethyl adjacent to an activating group) is 1. The zero-order valence-electron chi connectivity index (χ0n) is 20.5. The molecule has 1 aromatic carbocycles. The number of nitrogens with one attached hydrogen (secondary N) is 2. The second-order valence-corrected chi connectivity index (χ2v) is 9.15. The van der Waals surface area contributed by atoms with Crippen molar-refractivity contribution in [2.45, 2.75) is 12.7 Å². The smallest absolute Gasteiger partial charge is 0.322 e. The van der Waals surface area contributed by atoms with Crippen molar-refractivity contribution < 1.29 is 18.0 Å². The van der Waals surface area contributed by atoms with Gasteiger partial charge in [0.15, 0.2) is 5.65 Å². The summed E-state index contributed by atoms with van der Waals surface area (Å²) in [5.74, 6) is 5.32. The molecular formula is C27H24F3N7O. The molecule has 0 atom stereocenters. The zero-order chi connectivity index (χ0) is 26.7. The zero-order valence-corrected chi connectivity index (χ0v) is 20.5. The number of fused-ring (bicyclic) bond motifs is 1. The van der Waals surface area contributed by atoms with E-state index in [2.05, 4.69) is 42.2 Å². The summed E-state index contributed by atoms with van der Waals surface area (Å²) >= 11 is 0. The summed E-state index contributed by atoms with van der Waals surface area (Å²) in [6.07, 6.45) is 1.54. The highest BCUT2D eigenvalue weighted by molar-refractivity contribution is 6.04. The molecule has 0 bridgehead atoms. The monoisotopic (exact) mass is 519 g/mol. The lowest BCUT2D eigenvalue weighted by Gasteiger charge is -2.33. The van der Waals surface area contributed by atoms with Gasteiger partial charge in [0.1, 0.15) is 0 Å². The van der Waals surface area contributed by atoms with Gasteiger partial charge in [-0.3, -0.25) is 19.8 Å². The number of hydrogen-bond donors (Lipinski definition) is 2. The van der Waals surface area contributed by atoms with Crippen LogP contribution in [-0.4, -0.2) is 69.1 Å². The molecule has 3 aromatic heterocycles. The Bertz CT molecular complexity index is 1530. The summed E-state index contributed by atoms with van der Waals surface area (Å²) in [5, 5.41) is 10.1. The van der Waals surface area contributed by atoms with Gasteiger partial charge in [-0.05, 0) is 36.9 Å². The van der Waals surface area contributed by atoms with Crippen LogP contribution >= 0.6 is 0 Å². The maximum Gasteiger partial charge on any atom is 0.416 e. The number of piperazine rings is 1. The van der Waals surface area contributed by atoms with E-state index in [1.54, 1.807) is 12.4 Å². The number of aromatic nitrogens is 4. The lowest BCUT2D eigenvalue weighted by molar-refractivity contribution is -0.138. The molecule has 38 heavy (non-hydrogen) atoms. The molecular weight excluding hydrogens is 495 g/mol. The highest BCUT2D eigenvalue weighted by Crippen LogP contribution is 2.34. The molecule has 1 fully saturated rings. The fourth-order valence-corrected chi connectivity index (χ4v) is 4.19. The molecule has 0 unspecified atom stereocenters. The van der Waals surface area contributed by atoms with Gasteiger partial charge in [0, 0.05) is 73.5 Å². The molecule has 0 aliphatic carbocycles. The summed E-state index contributed by atoms with van der Waals surface area (Å²) in [7, 11) is 1.99. The topological polar surface area (TPSA) is 90.0 Å². The first kappa shape index (κ1) is 25.4. The number of halogens is 3. The summed E-state index contributed by atoms with van der Waals surface area (Å²) in [6, 6.07) is 7.27. The molecule has 1 amide bonds. The van der Waals surface area contributed by atoms with Gasteiger partial charge in [0.25, 0.3) is 5.91 Å². The second kappa shape index (κ2) is 10.6. The van der Waals surface area contributed by atoms with Crippen LogP contribution in [-0.2, 0) is 12.7 Å². The summed E-state index contributed by atoms with van der Waals surface area (Å²) < 4.78 is 41.6. The third kappa shape index (κ3) is 5.99. The van der Waals surface area contributed by atoms with E-state index in [4.69, 9.17) is 0 Å². The van der Waals surface area contributed by atoms with Gasteiger partial charge in [0.2, 0.25) is 0 Å². The van der Waals surface area contributed by atoms with Crippen LogP contribution in [0.1, 0.15) is 32.6 Å². The van der Waals surface area contributed by atoms with Gasteiger partial charge in [-0.1, -0.05) is 17.9 Å². The SMILES string of the molecule is CN1CCN(Cc2ccc(NC(=O)c3cncc(C#Cc4cnc5[nH]ncc5c4)c3)cc2C(F)(F)F)CC1. The van der Waals surface area contributed by atoms with Crippen molar-refractivity contribution in [1.82, 2.24) is 30.0 Å². The number of aromatic amines is 1. The molecule has 11 heteroatoms. The van der Waals surface area contributed by atoms with Crippen molar-refractivity contribution in [3.63, 3.8) is 0 Å². The summed E-state index contributed by atoms with van der Waals surface area (Å²) in [6.45, 7) is 3.22. The molecule has 0 saturated carbocycles. The number of carbonyl (C=O) groups is 1. The van der Waals surface area contributed by atoms with Crippen molar-refractivity contribution in [1.29, 1.82) is 0 Å². The van der Waals surface area contributed by atoms with Gasteiger partial charge in [-0.25, -0.2) is 4.98 Å². The van der Waals surface area contributed by atoms with Crippen LogP contribution in [0.25, 0.3) is 11.0 Å². The fourth-order valence-electron chi connectivity index (χ4n) is 4.19. The molecule has 194 valence electrons. The first-order valence-electron chi connectivity index (χ1n) is 11.9.